The molecule has 0 aliphatic heterocycles. The maximum absolute atomic E-state index is 10.5. The van der Waals surface area contributed by atoms with Gasteiger partial charge in [-0.15, -0.1) is 0 Å². The summed E-state index contributed by atoms with van der Waals surface area (Å²) in [6, 6.07) is -0.0913. The molecule has 0 aromatic carbocycles. The Morgan fingerprint density at radius 1 is 1.18 bits per heavy atom. The highest BCUT2D eigenvalue weighted by molar-refractivity contribution is 5.42. The minimum absolute atomic E-state index is 0.0788. The van der Waals surface area contributed by atoms with Crippen LogP contribution in [-0.4, -0.2) is 17.3 Å². The number of rotatable bonds is 1. The second-order valence-electron chi connectivity index (χ2n) is 8.17. The highest BCUT2D eigenvalue weighted by atomic mass is 16.3. The van der Waals surface area contributed by atoms with Gasteiger partial charge in [-0.3, -0.25) is 0 Å². The lowest BCUT2D eigenvalue weighted by atomic mass is 9.50. The molecule has 4 rings (SSSR count). The van der Waals surface area contributed by atoms with E-state index < -0.39 is 0 Å². The van der Waals surface area contributed by atoms with Crippen molar-refractivity contribution in [1.29, 1.82) is 5.53 Å². The molecule has 2 fully saturated rings. The molecule has 0 heterocycles. The Bertz CT molecular complexity index is 592. The summed E-state index contributed by atoms with van der Waals surface area (Å²) in [6.45, 7) is 4.66. The molecule has 0 bridgehead atoms. The molecule has 0 radical (unpaired) electrons. The van der Waals surface area contributed by atoms with E-state index in [1.807, 2.05) is 0 Å². The van der Waals surface area contributed by atoms with E-state index in [-0.39, 0.29) is 23.0 Å². The number of aliphatic hydroxyl groups is 1. The minimum atomic E-state index is -0.120. The fourth-order valence-electron chi connectivity index (χ4n) is 5.82. The monoisotopic (exact) mass is 298 g/mol. The van der Waals surface area contributed by atoms with E-state index >= 15 is 0 Å². The molecule has 0 amide bonds. The van der Waals surface area contributed by atoms with Crippen LogP contribution in [0.2, 0.25) is 0 Å². The number of allylic oxidation sites excluding steroid dienone is 4. The number of fused-ring (bicyclic) bond motifs is 5. The third-order valence-corrected chi connectivity index (χ3v) is 7.31. The van der Waals surface area contributed by atoms with E-state index in [1.165, 1.54) is 12.0 Å². The zero-order valence-corrected chi connectivity index (χ0v) is 13.5. The Labute approximate surface area is 132 Å². The maximum atomic E-state index is 10.5. The van der Waals surface area contributed by atoms with Gasteiger partial charge < -0.3 is 5.11 Å². The second-order valence-corrected chi connectivity index (χ2v) is 8.17. The first-order valence-electron chi connectivity index (χ1n) is 8.63. The van der Waals surface area contributed by atoms with Crippen molar-refractivity contribution in [2.75, 3.05) is 0 Å². The van der Waals surface area contributed by atoms with Gasteiger partial charge in [-0.05, 0) is 54.4 Å². The van der Waals surface area contributed by atoms with Crippen molar-refractivity contribution in [3.8, 4) is 0 Å². The fraction of sp³-hybridized carbons (Fsp3) is 0.684. The fourth-order valence-corrected chi connectivity index (χ4v) is 5.82. The first-order chi connectivity index (χ1) is 10.5. The van der Waals surface area contributed by atoms with E-state index in [2.05, 4.69) is 49.3 Å². The standard InChI is InChI=1S/C19H26N2O/c1-18-9-7-13(21-20)11-12(18)3-4-14-15-5-6-17(22)19(15,2)10-8-16(14)18/h3-4,7,9,11,13-17,20,22H,5-6,8,10H2,1-2H3/t13?,14-,15-,16-,17?,18-,19-/m0/s1. The van der Waals surface area contributed by atoms with E-state index in [0.29, 0.717) is 17.8 Å². The first kappa shape index (κ1) is 14.4. The zero-order chi connectivity index (χ0) is 15.5. The van der Waals surface area contributed by atoms with Gasteiger partial charge in [-0.1, -0.05) is 44.2 Å². The van der Waals surface area contributed by atoms with Crippen LogP contribution in [0.25, 0.3) is 0 Å². The van der Waals surface area contributed by atoms with Crippen molar-refractivity contribution in [3.05, 3.63) is 36.0 Å². The van der Waals surface area contributed by atoms with Crippen LogP contribution >= 0.6 is 0 Å². The normalized spacial score (nSPS) is 52.5. The van der Waals surface area contributed by atoms with Crippen LogP contribution < -0.4 is 0 Å². The molecule has 118 valence electrons. The van der Waals surface area contributed by atoms with Gasteiger partial charge >= 0.3 is 0 Å². The Morgan fingerprint density at radius 3 is 2.77 bits per heavy atom. The summed E-state index contributed by atoms with van der Waals surface area (Å²) in [5.41, 5.74) is 8.79. The highest BCUT2D eigenvalue weighted by Gasteiger charge is 2.57. The Kier molecular flexibility index (Phi) is 3.03. The maximum Gasteiger partial charge on any atom is 0.107 e. The topological polar surface area (TPSA) is 56.4 Å². The van der Waals surface area contributed by atoms with Crippen LogP contribution in [0.4, 0.5) is 0 Å². The molecule has 3 nitrogen and oxygen atoms in total. The molecule has 4 aliphatic carbocycles. The van der Waals surface area contributed by atoms with E-state index in [0.717, 1.165) is 19.3 Å². The smallest absolute Gasteiger partial charge is 0.107 e. The van der Waals surface area contributed by atoms with Gasteiger partial charge in [0.15, 0.2) is 0 Å². The van der Waals surface area contributed by atoms with Gasteiger partial charge in [0, 0.05) is 5.41 Å². The van der Waals surface area contributed by atoms with Gasteiger partial charge in [0.05, 0.1) is 6.10 Å². The van der Waals surface area contributed by atoms with Crippen molar-refractivity contribution < 1.29 is 5.11 Å². The summed E-state index contributed by atoms with van der Waals surface area (Å²) >= 11 is 0. The first-order valence-corrected chi connectivity index (χ1v) is 8.63. The number of aliphatic hydroxyl groups excluding tert-OH is 1. The lowest BCUT2D eigenvalue weighted by Gasteiger charge is -2.54. The minimum Gasteiger partial charge on any atom is -0.393 e. The summed E-state index contributed by atoms with van der Waals surface area (Å²) < 4.78 is 0. The van der Waals surface area contributed by atoms with Crippen molar-refractivity contribution in [2.24, 2.45) is 33.7 Å². The molecule has 7 atom stereocenters. The lowest BCUT2D eigenvalue weighted by Crippen LogP contribution is -2.49. The predicted octanol–water partition coefficient (Wildman–Crippen LogP) is 4.26. The number of nitrogens with one attached hydrogen (secondary N) is 1. The Balaban J connectivity index is 1.74. The summed E-state index contributed by atoms with van der Waals surface area (Å²) in [5.74, 6) is 1.81. The van der Waals surface area contributed by atoms with Crippen molar-refractivity contribution >= 4 is 0 Å². The van der Waals surface area contributed by atoms with Crippen LogP contribution in [0.3, 0.4) is 0 Å². The molecule has 2 saturated carbocycles. The molecular formula is C19H26N2O. The molecule has 2 N–H and O–H groups in total. The van der Waals surface area contributed by atoms with Crippen molar-refractivity contribution in [1.82, 2.24) is 0 Å². The van der Waals surface area contributed by atoms with Crippen LogP contribution in [0, 0.1) is 34.1 Å². The van der Waals surface area contributed by atoms with Gasteiger partial charge in [0.25, 0.3) is 0 Å². The number of nitrogens with zero attached hydrogens (tertiary/aromatic N) is 1. The summed E-state index contributed by atoms with van der Waals surface area (Å²) in [4.78, 5) is 0. The third-order valence-electron chi connectivity index (χ3n) is 7.31. The van der Waals surface area contributed by atoms with E-state index in [4.69, 9.17) is 5.53 Å². The second kappa shape index (κ2) is 4.64. The molecule has 4 aliphatic rings. The summed E-state index contributed by atoms with van der Waals surface area (Å²) in [5, 5.41) is 14.1. The molecule has 0 saturated heterocycles. The molecule has 22 heavy (non-hydrogen) atoms. The largest absolute Gasteiger partial charge is 0.393 e. The molecule has 0 aromatic rings. The lowest BCUT2D eigenvalue weighted by molar-refractivity contribution is -0.0376. The Morgan fingerprint density at radius 2 is 2.00 bits per heavy atom. The summed E-state index contributed by atoms with van der Waals surface area (Å²) in [7, 11) is 0. The van der Waals surface area contributed by atoms with Gasteiger partial charge in [0.1, 0.15) is 6.04 Å². The zero-order valence-electron chi connectivity index (χ0n) is 13.5. The summed E-state index contributed by atoms with van der Waals surface area (Å²) in [6.07, 6.45) is 15.5. The van der Waals surface area contributed by atoms with Crippen LogP contribution in [-0.2, 0) is 0 Å². The Hall–Kier alpha value is -1.22. The van der Waals surface area contributed by atoms with E-state index in [1.54, 1.807) is 0 Å². The number of hydrogen-bond donors (Lipinski definition) is 2. The molecule has 0 spiro atoms. The van der Waals surface area contributed by atoms with Gasteiger partial charge in [-0.2, -0.15) is 5.11 Å². The van der Waals surface area contributed by atoms with Crippen LogP contribution in [0.5, 0.6) is 0 Å². The van der Waals surface area contributed by atoms with Crippen LogP contribution in [0.15, 0.2) is 41.1 Å². The highest BCUT2D eigenvalue weighted by Crippen LogP contribution is 2.62. The van der Waals surface area contributed by atoms with Gasteiger partial charge in [-0.25, -0.2) is 5.53 Å². The average Bonchev–Trinajstić information content (AvgIpc) is 2.82. The molecule has 2 unspecified atom stereocenters. The predicted molar refractivity (Wildman–Crippen MR) is 86.5 cm³/mol. The third kappa shape index (κ3) is 1.72. The van der Waals surface area contributed by atoms with Crippen LogP contribution in [0.1, 0.15) is 39.5 Å². The molecule has 3 heteroatoms. The van der Waals surface area contributed by atoms with Crippen molar-refractivity contribution in [2.45, 2.75) is 51.7 Å². The molecular weight excluding hydrogens is 272 g/mol. The van der Waals surface area contributed by atoms with Crippen molar-refractivity contribution in [3.63, 3.8) is 0 Å². The SMILES string of the molecule is C[C@]12C=CC(N=N)C=C1C=C[C@@H]1[C@@H]2CC[C@]2(C)C(O)CC[C@@H]12. The molecule has 0 aromatic heterocycles. The number of hydrogen-bond acceptors (Lipinski definition) is 3. The van der Waals surface area contributed by atoms with Gasteiger partial charge in [0.2, 0.25) is 0 Å². The average molecular weight is 298 g/mol. The quantitative estimate of drug-likeness (QED) is 0.551. The van der Waals surface area contributed by atoms with E-state index in [9.17, 15) is 5.11 Å².